The maximum Gasteiger partial charge on any atom is 0.243 e. The van der Waals surface area contributed by atoms with Gasteiger partial charge in [-0.3, -0.25) is 0 Å². The molecule has 0 spiro atoms. The van der Waals surface area contributed by atoms with Crippen molar-refractivity contribution < 1.29 is 17.9 Å². The fourth-order valence-corrected chi connectivity index (χ4v) is 3.33. The molecule has 1 unspecified atom stereocenters. The van der Waals surface area contributed by atoms with Crippen LogP contribution < -0.4 is 4.72 Å². The van der Waals surface area contributed by atoms with Crippen LogP contribution in [0, 0.1) is 5.82 Å². The van der Waals surface area contributed by atoms with Crippen LogP contribution in [-0.4, -0.2) is 20.1 Å². The molecule has 0 fully saturated rings. The van der Waals surface area contributed by atoms with E-state index in [1.807, 2.05) is 0 Å². The van der Waals surface area contributed by atoms with Gasteiger partial charge in [0, 0.05) is 6.54 Å². The molecule has 102 valence electrons. The molecule has 0 aliphatic heterocycles. The third-order valence-corrected chi connectivity index (χ3v) is 4.68. The van der Waals surface area contributed by atoms with E-state index in [1.165, 1.54) is 29.5 Å². The highest BCUT2D eigenvalue weighted by Gasteiger charge is 2.20. The Hall–Kier alpha value is -1.28. The standard InChI is InChI=1S/C12H12FNO3S2/c13-10-3-1-2-4-12(10)19(16,17)14-7-11(15)9-5-6-18-8-9/h1-6,8,11,14-15H,7H2. The average Bonchev–Trinajstić information content (AvgIpc) is 2.90. The van der Waals surface area contributed by atoms with Gasteiger partial charge in [0.15, 0.2) is 0 Å². The third kappa shape index (κ3) is 3.38. The minimum atomic E-state index is -3.96. The number of aliphatic hydroxyl groups is 1. The van der Waals surface area contributed by atoms with Crippen LogP contribution in [0.25, 0.3) is 0 Å². The molecule has 0 saturated heterocycles. The van der Waals surface area contributed by atoms with E-state index in [-0.39, 0.29) is 6.54 Å². The third-order valence-electron chi connectivity index (χ3n) is 2.52. The first-order valence-electron chi connectivity index (χ1n) is 5.45. The number of benzene rings is 1. The smallest absolute Gasteiger partial charge is 0.243 e. The molecule has 1 aromatic heterocycles. The first kappa shape index (κ1) is 14.1. The minimum Gasteiger partial charge on any atom is -0.387 e. The van der Waals surface area contributed by atoms with Gasteiger partial charge in [-0.25, -0.2) is 17.5 Å². The Morgan fingerprint density at radius 3 is 2.68 bits per heavy atom. The van der Waals surface area contributed by atoms with Gasteiger partial charge < -0.3 is 5.11 Å². The maximum absolute atomic E-state index is 13.4. The quantitative estimate of drug-likeness (QED) is 0.886. The maximum atomic E-state index is 13.4. The zero-order valence-electron chi connectivity index (χ0n) is 9.78. The van der Waals surface area contributed by atoms with Gasteiger partial charge in [0.05, 0.1) is 6.10 Å². The normalized spacial score (nSPS) is 13.4. The number of nitrogens with one attached hydrogen (secondary N) is 1. The number of aliphatic hydroxyl groups excluding tert-OH is 1. The van der Waals surface area contributed by atoms with Gasteiger partial charge in [-0.05, 0) is 34.5 Å². The van der Waals surface area contributed by atoms with Gasteiger partial charge in [0.25, 0.3) is 0 Å². The molecule has 1 aromatic carbocycles. The van der Waals surface area contributed by atoms with Gasteiger partial charge in [0.1, 0.15) is 10.7 Å². The minimum absolute atomic E-state index is 0.201. The van der Waals surface area contributed by atoms with E-state index in [1.54, 1.807) is 16.8 Å². The number of hydrogen-bond acceptors (Lipinski definition) is 4. The van der Waals surface area contributed by atoms with Crippen LogP contribution in [0.5, 0.6) is 0 Å². The summed E-state index contributed by atoms with van der Waals surface area (Å²) in [6.45, 7) is -0.201. The number of sulfonamides is 1. The molecule has 4 nitrogen and oxygen atoms in total. The van der Waals surface area contributed by atoms with Crippen molar-refractivity contribution in [2.75, 3.05) is 6.54 Å². The van der Waals surface area contributed by atoms with Gasteiger partial charge in [0.2, 0.25) is 10.0 Å². The Kier molecular flexibility index (Phi) is 4.31. The SMILES string of the molecule is O=S(=O)(NCC(O)c1ccsc1)c1ccccc1F. The van der Waals surface area contributed by atoms with E-state index >= 15 is 0 Å². The summed E-state index contributed by atoms with van der Waals surface area (Å²) in [7, 11) is -3.96. The zero-order chi connectivity index (χ0) is 13.9. The molecule has 0 radical (unpaired) electrons. The molecule has 0 saturated carbocycles. The van der Waals surface area contributed by atoms with Crippen LogP contribution >= 0.6 is 11.3 Å². The molecule has 1 atom stereocenters. The molecule has 2 aromatic rings. The summed E-state index contributed by atoms with van der Waals surface area (Å²) in [5.41, 5.74) is 0.626. The van der Waals surface area contributed by atoms with Crippen molar-refractivity contribution in [1.29, 1.82) is 0 Å². The van der Waals surface area contributed by atoms with Crippen molar-refractivity contribution in [3.8, 4) is 0 Å². The Morgan fingerprint density at radius 2 is 2.05 bits per heavy atom. The van der Waals surface area contributed by atoms with Gasteiger partial charge >= 0.3 is 0 Å². The molecular weight excluding hydrogens is 289 g/mol. The molecule has 2 rings (SSSR count). The van der Waals surface area contributed by atoms with Crippen molar-refractivity contribution >= 4 is 21.4 Å². The van der Waals surface area contributed by atoms with Crippen LogP contribution in [0.3, 0.4) is 0 Å². The molecular formula is C12H12FNO3S2. The van der Waals surface area contributed by atoms with E-state index in [0.717, 1.165) is 6.07 Å². The van der Waals surface area contributed by atoms with Crippen LogP contribution in [0.2, 0.25) is 0 Å². The summed E-state index contributed by atoms with van der Waals surface area (Å²) in [5, 5.41) is 13.3. The summed E-state index contributed by atoms with van der Waals surface area (Å²) in [6, 6.07) is 6.80. The lowest BCUT2D eigenvalue weighted by molar-refractivity contribution is 0.182. The van der Waals surface area contributed by atoms with E-state index in [2.05, 4.69) is 4.72 Å². The fourth-order valence-electron chi connectivity index (χ4n) is 1.51. The molecule has 19 heavy (non-hydrogen) atoms. The second-order valence-electron chi connectivity index (χ2n) is 3.85. The van der Waals surface area contributed by atoms with Crippen molar-refractivity contribution in [2.24, 2.45) is 0 Å². The first-order valence-corrected chi connectivity index (χ1v) is 7.87. The van der Waals surface area contributed by atoms with Crippen LogP contribution in [0.1, 0.15) is 11.7 Å². The summed E-state index contributed by atoms with van der Waals surface area (Å²) in [4.78, 5) is -0.424. The summed E-state index contributed by atoms with van der Waals surface area (Å²) < 4.78 is 39.3. The molecule has 7 heteroatoms. The van der Waals surface area contributed by atoms with Crippen LogP contribution in [0.4, 0.5) is 4.39 Å². The summed E-state index contributed by atoms with van der Waals surface area (Å²) >= 11 is 1.40. The zero-order valence-corrected chi connectivity index (χ0v) is 11.4. The second kappa shape index (κ2) is 5.79. The average molecular weight is 301 g/mol. The number of hydrogen-bond donors (Lipinski definition) is 2. The largest absolute Gasteiger partial charge is 0.387 e. The van der Waals surface area contributed by atoms with E-state index in [0.29, 0.717) is 5.56 Å². The molecule has 0 amide bonds. The van der Waals surface area contributed by atoms with Crippen molar-refractivity contribution in [2.45, 2.75) is 11.0 Å². The van der Waals surface area contributed by atoms with Gasteiger partial charge in [-0.2, -0.15) is 11.3 Å². The number of thiophene rings is 1. The summed E-state index contributed by atoms with van der Waals surface area (Å²) in [6.07, 6.45) is -0.951. The lowest BCUT2D eigenvalue weighted by Gasteiger charge is -2.11. The summed E-state index contributed by atoms with van der Waals surface area (Å²) in [5.74, 6) is -0.819. The predicted octanol–water partition coefficient (Wildman–Crippen LogP) is 1.90. The topological polar surface area (TPSA) is 66.4 Å². The monoisotopic (exact) mass is 301 g/mol. The fraction of sp³-hybridized carbons (Fsp3) is 0.167. The number of halogens is 1. The van der Waals surface area contributed by atoms with Crippen molar-refractivity contribution in [3.63, 3.8) is 0 Å². The van der Waals surface area contributed by atoms with Crippen LogP contribution in [0.15, 0.2) is 46.0 Å². The van der Waals surface area contributed by atoms with E-state index in [4.69, 9.17) is 0 Å². The molecule has 1 heterocycles. The van der Waals surface area contributed by atoms with Crippen molar-refractivity contribution in [3.05, 3.63) is 52.5 Å². The lowest BCUT2D eigenvalue weighted by Crippen LogP contribution is -2.29. The molecule has 2 N–H and O–H groups in total. The molecule has 0 aliphatic carbocycles. The van der Waals surface area contributed by atoms with Crippen LogP contribution in [-0.2, 0) is 10.0 Å². The highest BCUT2D eigenvalue weighted by atomic mass is 32.2. The van der Waals surface area contributed by atoms with E-state index in [9.17, 15) is 17.9 Å². The Morgan fingerprint density at radius 1 is 1.32 bits per heavy atom. The Bertz CT molecular complexity index is 641. The molecule has 0 aliphatic rings. The van der Waals surface area contributed by atoms with Crippen molar-refractivity contribution in [1.82, 2.24) is 4.72 Å². The lowest BCUT2D eigenvalue weighted by atomic mass is 10.2. The second-order valence-corrected chi connectivity index (χ2v) is 6.37. The predicted molar refractivity (Wildman–Crippen MR) is 70.9 cm³/mol. The van der Waals surface area contributed by atoms with Gasteiger partial charge in [-0.15, -0.1) is 0 Å². The van der Waals surface area contributed by atoms with Gasteiger partial charge in [-0.1, -0.05) is 12.1 Å². The highest BCUT2D eigenvalue weighted by Crippen LogP contribution is 2.17. The molecule has 0 bridgehead atoms. The highest BCUT2D eigenvalue weighted by molar-refractivity contribution is 7.89. The number of rotatable bonds is 5. The first-order chi connectivity index (χ1) is 9.00. The van der Waals surface area contributed by atoms with E-state index < -0.39 is 26.8 Å². The Balaban J connectivity index is 2.09. The Labute approximate surface area is 114 Å².